The Morgan fingerprint density at radius 2 is 2.06 bits per heavy atom. The number of hydrogen-bond acceptors (Lipinski definition) is 1. The lowest BCUT2D eigenvalue weighted by Gasteiger charge is -2.13. The van der Waals surface area contributed by atoms with Gasteiger partial charge in [-0.3, -0.25) is 0 Å². The maximum Gasteiger partial charge on any atom is 0.261 e. The molecule has 1 nitrogen and oxygen atoms in total. The van der Waals surface area contributed by atoms with E-state index in [1.54, 1.807) is 13.0 Å². The molecule has 0 radical (unpaired) electrons. The standard InChI is InChI=1S/C12H13BrClF3O/c1-7-4-8(10(14)5-11(7)15)9(13)2-3-18-6-12(16)17/h4-5,9,12H,2-3,6H2,1H3. The molecule has 0 saturated heterocycles. The van der Waals surface area contributed by atoms with Crippen molar-refractivity contribution < 1.29 is 17.9 Å². The first kappa shape index (κ1) is 15.8. The lowest BCUT2D eigenvalue weighted by molar-refractivity contribution is 0.0167. The smallest absolute Gasteiger partial charge is 0.261 e. The maximum absolute atomic E-state index is 13.2. The highest BCUT2D eigenvalue weighted by atomic mass is 79.9. The molecule has 18 heavy (non-hydrogen) atoms. The fraction of sp³-hybridized carbons (Fsp3) is 0.500. The normalized spacial score (nSPS) is 13.1. The van der Waals surface area contributed by atoms with Gasteiger partial charge in [0.1, 0.15) is 12.4 Å². The summed E-state index contributed by atoms with van der Waals surface area (Å²) in [5.41, 5.74) is 1.23. The molecule has 1 aromatic rings. The van der Waals surface area contributed by atoms with Gasteiger partial charge < -0.3 is 4.74 Å². The third kappa shape index (κ3) is 4.78. The monoisotopic (exact) mass is 344 g/mol. The summed E-state index contributed by atoms with van der Waals surface area (Å²) < 4.78 is 41.7. The molecule has 0 aromatic heterocycles. The second-order valence-electron chi connectivity index (χ2n) is 3.85. The van der Waals surface area contributed by atoms with Crippen LogP contribution < -0.4 is 0 Å². The predicted octanol–water partition coefficient (Wildman–Crippen LogP) is 4.90. The maximum atomic E-state index is 13.2. The molecule has 1 rings (SSSR count). The van der Waals surface area contributed by atoms with Gasteiger partial charge in [0.25, 0.3) is 6.43 Å². The summed E-state index contributed by atoms with van der Waals surface area (Å²) in [6, 6.07) is 2.89. The lowest BCUT2D eigenvalue weighted by Crippen LogP contribution is -2.07. The molecule has 0 fully saturated rings. The third-order valence-electron chi connectivity index (χ3n) is 2.37. The van der Waals surface area contributed by atoms with E-state index in [1.807, 2.05) is 0 Å². The summed E-state index contributed by atoms with van der Waals surface area (Å²) in [6.07, 6.45) is -1.98. The molecule has 6 heteroatoms. The van der Waals surface area contributed by atoms with E-state index in [2.05, 4.69) is 15.9 Å². The van der Waals surface area contributed by atoms with Crippen LogP contribution in [-0.4, -0.2) is 19.6 Å². The zero-order valence-corrected chi connectivity index (χ0v) is 12.1. The molecule has 0 spiro atoms. The minimum absolute atomic E-state index is 0.151. The first-order chi connectivity index (χ1) is 8.41. The van der Waals surface area contributed by atoms with Crippen molar-refractivity contribution in [1.29, 1.82) is 0 Å². The van der Waals surface area contributed by atoms with Crippen molar-refractivity contribution in [2.45, 2.75) is 24.6 Å². The molecule has 102 valence electrons. The number of benzene rings is 1. The number of rotatable bonds is 6. The Hall–Kier alpha value is -0.260. The summed E-state index contributed by atoms with van der Waals surface area (Å²) in [6.45, 7) is 1.26. The zero-order chi connectivity index (χ0) is 13.7. The van der Waals surface area contributed by atoms with E-state index >= 15 is 0 Å². The fourth-order valence-corrected chi connectivity index (χ4v) is 2.41. The topological polar surface area (TPSA) is 9.23 Å². The molecule has 0 bridgehead atoms. The van der Waals surface area contributed by atoms with E-state index in [0.29, 0.717) is 17.0 Å². The van der Waals surface area contributed by atoms with Crippen LogP contribution in [-0.2, 0) is 4.74 Å². The van der Waals surface area contributed by atoms with Gasteiger partial charge in [0.2, 0.25) is 0 Å². The molecule has 0 aliphatic rings. The molecule has 0 N–H and O–H groups in total. The van der Waals surface area contributed by atoms with Gasteiger partial charge >= 0.3 is 0 Å². The van der Waals surface area contributed by atoms with Crippen LogP contribution in [0.1, 0.15) is 22.4 Å². The fourth-order valence-electron chi connectivity index (χ4n) is 1.43. The Morgan fingerprint density at radius 3 is 2.67 bits per heavy atom. The highest BCUT2D eigenvalue weighted by Gasteiger charge is 2.14. The summed E-state index contributed by atoms with van der Waals surface area (Å²) in [5, 5.41) is 0.314. The third-order valence-corrected chi connectivity index (χ3v) is 3.65. The van der Waals surface area contributed by atoms with Gasteiger partial charge in [-0.15, -0.1) is 0 Å². The molecular formula is C12H13BrClF3O. The average molecular weight is 346 g/mol. The van der Waals surface area contributed by atoms with Crippen LogP contribution in [0.5, 0.6) is 0 Å². The Kier molecular flexibility index (Phi) is 6.46. The summed E-state index contributed by atoms with van der Waals surface area (Å²) >= 11 is 9.32. The Labute approximate surface area is 117 Å². The van der Waals surface area contributed by atoms with Crippen molar-refractivity contribution in [2.75, 3.05) is 13.2 Å². The molecule has 1 unspecified atom stereocenters. The summed E-state index contributed by atoms with van der Waals surface area (Å²) in [5.74, 6) is -0.364. The number of aryl methyl sites for hydroxylation is 1. The van der Waals surface area contributed by atoms with Gasteiger partial charge in [0.05, 0.1) is 0 Å². The van der Waals surface area contributed by atoms with Crippen molar-refractivity contribution in [2.24, 2.45) is 0 Å². The quantitative estimate of drug-likeness (QED) is 0.526. The molecule has 1 atom stereocenters. The van der Waals surface area contributed by atoms with Gasteiger partial charge in [0, 0.05) is 16.5 Å². The van der Waals surface area contributed by atoms with Crippen LogP contribution in [0.4, 0.5) is 13.2 Å². The predicted molar refractivity (Wildman–Crippen MR) is 69.3 cm³/mol. The zero-order valence-electron chi connectivity index (χ0n) is 9.73. The van der Waals surface area contributed by atoms with E-state index in [-0.39, 0.29) is 17.3 Å². The average Bonchev–Trinajstić information content (AvgIpc) is 2.28. The number of halogens is 5. The molecule has 0 saturated carbocycles. The van der Waals surface area contributed by atoms with Crippen LogP contribution >= 0.6 is 27.5 Å². The number of hydrogen-bond donors (Lipinski definition) is 0. The van der Waals surface area contributed by atoms with E-state index in [0.717, 1.165) is 5.56 Å². The van der Waals surface area contributed by atoms with E-state index in [4.69, 9.17) is 16.3 Å². The molecule has 0 amide bonds. The van der Waals surface area contributed by atoms with Gasteiger partial charge in [0.15, 0.2) is 0 Å². The largest absolute Gasteiger partial charge is 0.375 e. The van der Waals surface area contributed by atoms with E-state index in [1.165, 1.54) is 6.07 Å². The van der Waals surface area contributed by atoms with E-state index < -0.39 is 13.0 Å². The van der Waals surface area contributed by atoms with Gasteiger partial charge in [-0.05, 0) is 30.5 Å². The first-order valence-electron chi connectivity index (χ1n) is 5.37. The highest BCUT2D eigenvalue weighted by Crippen LogP contribution is 2.33. The highest BCUT2D eigenvalue weighted by molar-refractivity contribution is 9.09. The minimum Gasteiger partial charge on any atom is -0.375 e. The van der Waals surface area contributed by atoms with Crippen molar-refractivity contribution in [3.05, 3.63) is 34.1 Å². The minimum atomic E-state index is -2.46. The SMILES string of the molecule is Cc1cc(C(Br)CCOCC(F)F)c(Cl)cc1F. The summed E-state index contributed by atoms with van der Waals surface area (Å²) in [7, 11) is 0. The van der Waals surface area contributed by atoms with Crippen LogP contribution in [0, 0.1) is 12.7 Å². The van der Waals surface area contributed by atoms with Crippen LogP contribution in [0.2, 0.25) is 5.02 Å². The van der Waals surface area contributed by atoms with Gasteiger partial charge in [-0.25, -0.2) is 13.2 Å². The molecule has 0 aliphatic heterocycles. The second kappa shape index (κ2) is 7.36. The molecular weight excluding hydrogens is 332 g/mol. The molecule has 0 aliphatic carbocycles. The van der Waals surface area contributed by atoms with Gasteiger partial charge in [-0.1, -0.05) is 33.6 Å². The Bertz CT molecular complexity index is 401. The summed E-state index contributed by atoms with van der Waals surface area (Å²) in [4.78, 5) is -0.151. The molecule has 1 aromatic carbocycles. The van der Waals surface area contributed by atoms with Crippen LogP contribution in [0.3, 0.4) is 0 Å². The lowest BCUT2D eigenvalue weighted by atomic mass is 10.1. The van der Waals surface area contributed by atoms with Crippen molar-refractivity contribution in [1.82, 2.24) is 0 Å². The Morgan fingerprint density at radius 1 is 1.39 bits per heavy atom. The van der Waals surface area contributed by atoms with E-state index in [9.17, 15) is 13.2 Å². The number of alkyl halides is 3. The van der Waals surface area contributed by atoms with Crippen molar-refractivity contribution in [3.63, 3.8) is 0 Å². The first-order valence-corrected chi connectivity index (χ1v) is 6.66. The van der Waals surface area contributed by atoms with Crippen LogP contribution in [0.15, 0.2) is 12.1 Å². The second-order valence-corrected chi connectivity index (χ2v) is 5.36. The van der Waals surface area contributed by atoms with Gasteiger partial charge in [-0.2, -0.15) is 0 Å². The Balaban J connectivity index is 2.56. The van der Waals surface area contributed by atoms with Crippen molar-refractivity contribution >= 4 is 27.5 Å². The van der Waals surface area contributed by atoms with Crippen molar-refractivity contribution in [3.8, 4) is 0 Å². The van der Waals surface area contributed by atoms with Crippen LogP contribution in [0.25, 0.3) is 0 Å². The number of ether oxygens (including phenoxy) is 1. The molecule has 0 heterocycles.